The van der Waals surface area contributed by atoms with Gasteiger partial charge in [-0.2, -0.15) is 0 Å². The van der Waals surface area contributed by atoms with Crippen molar-refractivity contribution in [2.75, 3.05) is 67.6 Å². The minimum Gasteiger partial charge on any atom is -1.00 e. The lowest BCUT2D eigenvalue weighted by Crippen LogP contribution is -3.00. The number of quaternary nitrogens is 2. The fraction of sp³-hybridized carbons (Fsp3) is 0.947. The van der Waals surface area contributed by atoms with Gasteiger partial charge in [-0.3, -0.25) is 0 Å². The van der Waals surface area contributed by atoms with Crippen molar-refractivity contribution in [3.63, 3.8) is 0 Å². The zero-order valence-electron chi connectivity index (χ0n) is 31.1. The molecule has 6 nitrogen and oxygen atoms in total. The molecule has 0 bridgehead atoms. The van der Waals surface area contributed by atoms with Crippen LogP contribution in [0, 0.1) is 0 Å². The lowest BCUT2D eigenvalue weighted by atomic mass is 10.1. The van der Waals surface area contributed by atoms with Gasteiger partial charge in [-0.15, -0.1) is 0 Å². The summed E-state index contributed by atoms with van der Waals surface area (Å²) in [6.07, 6.45) is 30.3. The predicted molar refractivity (Wildman–Crippen MR) is 188 cm³/mol. The first-order valence-electron chi connectivity index (χ1n) is 19.1. The summed E-state index contributed by atoms with van der Waals surface area (Å²) in [5, 5.41) is 0. The number of esters is 2. The van der Waals surface area contributed by atoms with E-state index in [4.69, 9.17) is 9.47 Å². The van der Waals surface area contributed by atoms with Crippen molar-refractivity contribution in [2.45, 2.75) is 168 Å². The Labute approximate surface area is 287 Å². The largest absolute Gasteiger partial charge is 1.00 e. The number of hydrogen-bond donors (Lipinski definition) is 0. The summed E-state index contributed by atoms with van der Waals surface area (Å²) in [7, 11) is 8.51. The van der Waals surface area contributed by atoms with E-state index in [2.05, 4.69) is 42.0 Å². The number of nitrogens with zero attached hydrogens (tertiary/aromatic N) is 2. The van der Waals surface area contributed by atoms with Crippen molar-refractivity contribution in [2.24, 2.45) is 0 Å². The summed E-state index contributed by atoms with van der Waals surface area (Å²) in [6, 6.07) is 0. The van der Waals surface area contributed by atoms with E-state index in [1.54, 1.807) is 0 Å². The number of likely N-dealkylation sites (N-methyl/N-ethyl adjacent to an activating group) is 2. The lowest BCUT2D eigenvalue weighted by molar-refractivity contribution is -0.884. The van der Waals surface area contributed by atoms with Crippen LogP contribution in [0.15, 0.2) is 0 Å². The minimum absolute atomic E-state index is 0. The molecule has 7 heteroatoms. The number of unbranched alkanes of at least 4 members (excludes halogenated alkanes) is 21. The molecular weight excluding hydrogens is 584 g/mol. The summed E-state index contributed by atoms with van der Waals surface area (Å²) < 4.78 is 12.4. The van der Waals surface area contributed by atoms with Gasteiger partial charge in [0.25, 0.3) is 0 Å². The molecule has 0 amide bonds. The molecule has 0 aromatic carbocycles. The van der Waals surface area contributed by atoms with Crippen LogP contribution in [-0.4, -0.2) is 88.5 Å². The highest BCUT2D eigenvalue weighted by atomic mass is 35.5. The van der Waals surface area contributed by atoms with Gasteiger partial charge in [-0.1, -0.05) is 129 Å². The Hall–Kier alpha value is -0.850. The number of hydrogen-bond acceptors (Lipinski definition) is 4. The molecule has 0 heterocycles. The summed E-state index contributed by atoms with van der Waals surface area (Å²) in [4.78, 5) is 24.7. The standard InChI is InChI=1S/C38H78N2O4.ClH/c1-7-9-11-13-15-17-19-21-25-29-33-43-37(41)35-39(3,4)31-27-23-24-28-32-40(5,6)36-38(42)44-34-30-26-22-20-18-16-14-12-10-8-2;/h7-36H2,1-6H3;1H/q+2;/p-1. The van der Waals surface area contributed by atoms with Gasteiger partial charge in [-0.05, 0) is 38.5 Å². The average Bonchev–Trinajstić information content (AvgIpc) is 2.96. The molecule has 0 rings (SSSR count). The van der Waals surface area contributed by atoms with Crippen LogP contribution < -0.4 is 12.4 Å². The van der Waals surface area contributed by atoms with Gasteiger partial charge in [0, 0.05) is 0 Å². The normalized spacial score (nSPS) is 11.8. The second kappa shape index (κ2) is 31.7. The Bertz CT molecular complexity index is 616. The molecule has 0 aromatic rings. The Morgan fingerprint density at radius 3 is 0.933 bits per heavy atom. The molecule has 0 aromatic heterocycles. The molecule has 0 unspecified atom stereocenters. The minimum atomic E-state index is -0.0648. The maximum Gasteiger partial charge on any atom is 0.361 e. The highest BCUT2D eigenvalue weighted by molar-refractivity contribution is 5.70. The fourth-order valence-electron chi connectivity index (χ4n) is 5.93. The van der Waals surface area contributed by atoms with E-state index in [-0.39, 0.29) is 24.3 Å². The monoisotopic (exact) mass is 662 g/mol. The van der Waals surface area contributed by atoms with Crippen LogP contribution in [0.1, 0.15) is 168 Å². The summed E-state index contributed by atoms with van der Waals surface area (Å²) in [5.74, 6) is -0.130. The smallest absolute Gasteiger partial charge is 0.361 e. The molecular formula is C38H78ClN2O4+. The van der Waals surface area contributed by atoms with E-state index in [1.165, 1.54) is 103 Å². The Morgan fingerprint density at radius 1 is 0.400 bits per heavy atom. The van der Waals surface area contributed by atoms with Crippen LogP contribution in [0.3, 0.4) is 0 Å². The molecule has 0 N–H and O–H groups in total. The van der Waals surface area contributed by atoms with Crippen LogP contribution in [0.25, 0.3) is 0 Å². The first-order valence-corrected chi connectivity index (χ1v) is 19.1. The lowest BCUT2D eigenvalue weighted by Gasteiger charge is -2.29. The van der Waals surface area contributed by atoms with Gasteiger partial charge in [0.2, 0.25) is 0 Å². The molecule has 0 radical (unpaired) electrons. The van der Waals surface area contributed by atoms with Crippen molar-refractivity contribution < 1.29 is 40.4 Å². The van der Waals surface area contributed by atoms with E-state index in [0.29, 0.717) is 35.3 Å². The van der Waals surface area contributed by atoms with Crippen molar-refractivity contribution in [1.82, 2.24) is 0 Å². The third-order valence-corrected chi connectivity index (χ3v) is 8.91. The molecule has 0 aliphatic rings. The number of carbonyl (C=O) groups is 2. The van der Waals surface area contributed by atoms with Crippen LogP contribution >= 0.6 is 0 Å². The number of halogens is 1. The van der Waals surface area contributed by atoms with E-state index < -0.39 is 0 Å². The maximum absolute atomic E-state index is 12.3. The average molecular weight is 663 g/mol. The molecule has 0 spiro atoms. The predicted octanol–water partition coefficient (Wildman–Crippen LogP) is 6.63. The van der Waals surface area contributed by atoms with Crippen LogP contribution in [0.4, 0.5) is 0 Å². The van der Waals surface area contributed by atoms with E-state index >= 15 is 0 Å². The van der Waals surface area contributed by atoms with E-state index in [0.717, 1.165) is 64.5 Å². The molecule has 45 heavy (non-hydrogen) atoms. The van der Waals surface area contributed by atoms with Crippen LogP contribution in [-0.2, 0) is 19.1 Å². The molecule has 0 atom stereocenters. The van der Waals surface area contributed by atoms with Crippen LogP contribution in [0.5, 0.6) is 0 Å². The molecule has 0 fully saturated rings. The summed E-state index contributed by atoms with van der Waals surface area (Å²) in [6.45, 7) is 8.52. The molecule has 0 saturated heterocycles. The number of ether oxygens (including phenoxy) is 2. The van der Waals surface area contributed by atoms with Gasteiger partial charge < -0.3 is 30.8 Å². The summed E-state index contributed by atoms with van der Waals surface area (Å²) >= 11 is 0. The molecule has 270 valence electrons. The Balaban J connectivity index is 0. The zero-order valence-corrected chi connectivity index (χ0v) is 31.9. The van der Waals surface area contributed by atoms with Crippen molar-refractivity contribution in [3.8, 4) is 0 Å². The van der Waals surface area contributed by atoms with Gasteiger partial charge in [0.05, 0.1) is 54.5 Å². The van der Waals surface area contributed by atoms with E-state index in [1.807, 2.05) is 0 Å². The Kier molecular flexibility index (Phi) is 32.6. The summed E-state index contributed by atoms with van der Waals surface area (Å²) in [5.41, 5.74) is 0. The number of rotatable bonds is 33. The maximum atomic E-state index is 12.3. The quantitative estimate of drug-likeness (QED) is 0.0450. The van der Waals surface area contributed by atoms with Gasteiger partial charge in [0.1, 0.15) is 0 Å². The second-order valence-electron chi connectivity index (χ2n) is 14.9. The van der Waals surface area contributed by atoms with Gasteiger partial charge >= 0.3 is 11.9 Å². The second-order valence-corrected chi connectivity index (χ2v) is 14.9. The third-order valence-electron chi connectivity index (χ3n) is 8.91. The van der Waals surface area contributed by atoms with Crippen LogP contribution in [0.2, 0.25) is 0 Å². The third kappa shape index (κ3) is 34.3. The first kappa shape index (κ1) is 46.3. The van der Waals surface area contributed by atoms with Crippen molar-refractivity contribution in [3.05, 3.63) is 0 Å². The SMILES string of the molecule is CCCCCCCCCCCCOC(=O)C[N+](C)(C)CCCCCC[N+](C)(C)CC(=O)OCCCCCCCCCCCC.[Cl-]. The topological polar surface area (TPSA) is 52.6 Å². The van der Waals surface area contributed by atoms with Gasteiger partial charge in [-0.25, -0.2) is 9.59 Å². The van der Waals surface area contributed by atoms with E-state index in [9.17, 15) is 9.59 Å². The molecule has 0 aliphatic carbocycles. The van der Waals surface area contributed by atoms with Crippen molar-refractivity contribution >= 4 is 11.9 Å². The molecule has 0 aliphatic heterocycles. The highest BCUT2D eigenvalue weighted by Crippen LogP contribution is 2.13. The first-order chi connectivity index (χ1) is 21.1. The number of carbonyl (C=O) groups excluding carboxylic acids is 2. The van der Waals surface area contributed by atoms with Gasteiger partial charge in [0.15, 0.2) is 13.1 Å². The highest BCUT2D eigenvalue weighted by Gasteiger charge is 2.22. The Morgan fingerprint density at radius 2 is 0.644 bits per heavy atom. The fourth-order valence-corrected chi connectivity index (χ4v) is 5.93. The van der Waals surface area contributed by atoms with Crippen molar-refractivity contribution in [1.29, 1.82) is 0 Å². The zero-order chi connectivity index (χ0) is 32.8. The molecule has 0 saturated carbocycles.